The van der Waals surface area contributed by atoms with Crippen LogP contribution >= 0.6 is 11.6 Å². The van der Waals surface area contributed by atoms with Gasteiger partial charge in [0.15, 0.2) is 0 Å². The third kappa shape index (κ3) is 1.57. The molecule has 60 valence electrons. The molecule has 0 heterocycles. The zero-order chi connectivity index (χ0) is 8.43. The van der Waals surface area contributed by atoms with E-state index in [2.05, 4.69) is 26.8 Å². The van der Waals surface area contributed by atoms with E-state index in [1.807, 2.05) is 6.07 Å². The van der Waals surface area contributed by atoms with Crippen molar-refractivity contribution in [2.24, 2.45) is 0 Å². The lowest BCUT2D eigenvalue weighted by Gasteiger charge is -2.07. The lowest BCUT2D eigenvalue weighted by atomic mass is 10.0. The average Bonchev–Trinajstić information content (AvgIpc) is 2.01. The van der Waals surface area contributed by atoms with Crippen LogP contribution in [-0.4, -0.2) is 0 Å². The number of halogens is 1. The lowest BCUT2D eigenvalue weighted by Crippen LogP contribution is -1.90. The Morgan fingerprint density at radius 1 is 1.18 bits per heavy atom. The van der Waals surface area contributed by atoms with Gasteiger partial charge in [-0.15, -0.1) is 0 Å². The highest BCUT2D eigenvalue weighted by molar-refractivity contribution is 6.31. The Bertz CT molecular complexity index is 264. The zero-order valence-electron chi connectivity index (χ0n) is 7.24. The van der Waals surface area contributed by atoms with Gasteiger partial charge >= 0.3 is 0 Å². The van der Waals surface area contributed by atoms with Gasteiger partial charge in [-0.05, 0) is 43.0 Å². The van der Waals surface area contributed by atoms with Gasteiger partial charge in [0.1, 0.15) is 0 Å². The van der Waals surface area contributed by atoms with Gasteiger partial charge in [0.2, 0.25) is 0 Å². The van der Waals surface area contributed by atoms with Crippen molar-refractivity contribution in [2.45, 2.75) is 27.2 Å². The number of aryl methyl sites for hydroxylation is 1. The Balaban J connectivity index is 3.25. The molecule has 0 saturated carbocycles. The number of benzene rings is 1. The minimum absolute atomic E-state index is 0.875. The highest BCUT2D eigenvalue weighted by atomic mass is 35.5. The van der Waals surface area contributed by atoms with Crippen molar-refractivity contribution in [1.29, 1.82) is 0 Å². The standard InChI is InChI=1S/C10H13Cl/c1-4-9-5-6-10(11)8(3)7(9)2/h5-6H,4H2,1-3H3. The van der Waals surface area contributed by atoms with Crippen molar-refractivity contribution in [2.75, 3.05) is 0 Å². The van der Waals surface area contributed by atoms with E-state index >= 15 is 0 Å². The molecule has 0 aromatic heterocycles. The molecule has 0 aliphatic carbocycles. The van der Waals surface area contributed by atoms with Crippen LogP contribution in [0.1, 0.15) is 23.6 Å². The first-order valence-corrected chi connectivity index (χ1v) is 4.29. The molecule has 1 aromatic rings. The largest absolute Gasteiger partial charge is 0.0840 e. The molecule has 0 N–H and O–H groups in total. The molecule has 0 amide bonds. The second-order valence-electron chi connectivity index (χ2n) is 2.81. The highest BCUT2D eigenvalue weighted by Gasteiger charge is 2.01. The summed E-state index contributed by atoms with van der Waals surface area (Å²) in [7, 11) is 0. The second kappa shape index (κ2) is 3.27. The van der Waals surface area contributed by atoms with Crippen LogP contribution in [0.25, 0.3) is 0 Å². The Morgan fingerprint density at radius 3 is 2.36 bits per heavy atom. The first kappa shape index (κ1) is 8.61. The van der Waals surface area contributed by atoms with Crippen LogP contribution in [0.2, 0.25) is 5.02 Å². The fourth-order valence-corrected chi connectivity index (χ4v) is 1.43. The first-order chi connectivity index (χ1) is 5.16. The molecule has 0 unspecified atom stereocenters. The molecule has 0 spiro atoms. The van der Waals surface area contributed by atoms with Gasteiger partial charge in [-0.1, -0.05) is 24.6 Å². The lowest BCUT2D eigenvalue weighted by molar-refractivity contribution is 1.09. The predicted octanol–water partition coefficient (Wildman–Crippen LogP) is 3.52. The number of hydrogen-bond donors (Lipinski definition) is 0. The summed E-state index contributed by atoms with van der Waals surface area (Å²) in [5.41, 5.74) is 3.94. The summed E-state index contributed by atoms with van der Waals surface area (Å²) in [4.78, 5) is 0. The van der Waals surface area contributed by atoms with Gasteiger partial charge in [-0.25, -0.2) is 0 Å². The topological polar surface area (TPSA) is 0 Å². The van der Waals surface area contributed by atoms with E-state index in [0.717, 1.165) is 11.4 Å². The molecule has 0 nitrogen and oxygen atoms in total. The Kier molecular flexibility index (Phi) is 2.56. The molecule has 0 aliphatic heterocycles. The predicted molar refractivity (Wildman–Crippen MR) is 50.3 cm³/mol. The molecule has 0 radical (unpaired) electrons. The maximum atomic E-state index is 5.94. The van der Waals surface area contributed by atoms with Gasteiger partial charge < -0.3 is 0 Å². The molecule has 0 aliphatic rings. The van der Waals surface area contributed by atoms with Crippen molar-refractivity contribution in [3.63, 3.8) is 0 Å². The van der Waals surface area contributed by atoms with Crippen LogP contribution < -0.4 is 0 Å². The van der Waals surface area contributed by atoms with E-state index < -0.39 is 0 Å². The smallest absolute Gasteiger partial charge is 0.0438 e. The van der Waals surface area contributed by atoms with Gasteiger partial charge in [0.25, 0.3) is 0 Å². The molecule has 1 rings (SSSR count). The first-order valence-electron chi connectivity index (χ1n) is 3.91. The molecule has 11 heavy (non-hydrogen) atoms. The number of rotatable bonds is 1. The van der Waals surface area contributed by atoms with E-state index in [0.29, 0.717) is 0 Å². The van der Waals surface area contributed by atoms with Gasteiger partial charge in [-0.2, -0.15) is 0 Å². The molecule has 0 bridgehead atoms. The summed E-state index contributed by atoms with van der Waals surface area (Å²) >= 11 is 5.94. The molecule has 0 fully saturated rings. The minimum Gasteiger partial charge on any atom is -0.0840 e. The van der Waals surface area contributed by atoms with Crippen LogP contribution in [-0.2, 0) is 6.42 Å². The number of hydrogen-bond acceptors (Lipinski definition) is 0. The Morgan fingerprint density at radius 2 is 1.82 bits per heavy atom. The maximum Gasteiger partial charge on any atom is 0.0438 e. The van der Waals surface area contributed by atoms with E-state index in [1.54, 1.807) is 0 Å². The summed E-state index contributed by atoms with van der Waals surface area (Å²) < 4.78 is 0. The van der Waals surface area contributed by atoms with Crippen LogP contribution in [0.4, 0.5) is 0 Å². The van der Waals surface area contributed by atoms with Gasteiger partial charge in [-0.3, -0.25) is 0 Å². The average molecular weight is 169 g/mol. The van der Waals surface area contributed by atoms with Gasteiger partial charge in [0, 0.05) is 5.02 Å². The highest BCUT2D eigenvalue weighted by Crippen LogP contribution is 2.21. The molecule has 1 heteroatoms. The quantitative estimate of drug-likeness (QED) is 0.602. The Hall–Kier alpha value is -0.490. The summed E-state index contributed by atoms with van der Waals surface area (Å²) in [5.74, 6) is 0. The fourth-order valence-electron chi connectivity index (χ4n) is 1.23. The van der Waals surface area contributed by atoms with Crippen molar-refractivity contribution >= 4 is 11.6 Å². The molecular formula is C10H13Cl. The Labute approximate surface area is 73.2 Å². The fraction of sp³-hybridized carbons (Fsp3) is 0.400. The van der Waals surface area contributed by atoms with E-state index in [4.69, 9.17) is 11.6 Å². The van der Waals surface area contributed by atoms with Crippen LogP contribution in [0.3, 0.4) is 0 Å². The van der Waals surface area contributed by atoms with Crippen molar-refractivity contribution < 1.29 is 0 Å². The minimum atomic E-state index is 0.875. The van der Waals surface area contributed by atoms with Crippen LogP contribution in [0.5, 0.6) is 0 Å². The third-order valence-electron chi connectivity index (χ3n) is 2.21. The van der Waals surface area contributed by atoms with E-state index in [1.165, 1.54) is 16.7 Å². The van der Waals surface area contributed by atoms with E-state index in [9.17, 15) is 0 Å². The SMILES string of the molecule is CCc1ccc(Cl)c(C)c1C. The molecule has 0 saturated heterocycles. The van der Waals surface area contributed by atoms with Crippen molar-refractivity contribution in [3.8, 4) is 0 Å². The van der Waals surface area contributed by atoms with Crippen LogP contribution in [0.15, 0.2) is 12.1 Å². The van der Waals surface area contributed by atoms with Crippen LogP contribution in [0, 0.1) is 13.8 Å². The van der Waals surface area contributed by atoms with Crippen molar-refractivity contribution in [1.82, 2.24) is 0 Å². The zero-order valence-corrected chi connectivity index (χ0v) is 8.00. The molecule has 1 aromatic carbocycles. The second-order valence-corrected chi connectivity index (χ2v) is 3.22. The summed E-state index contributed by atoms with van der Waals surface area (Å²) in [6.07, 6.45) is 1.09. The normalized spacial score (nSPS) is 10.2. The maximum absolute atomic E-state index is 5.94. The summed E-state index contributed by atoms with van der Waals surface area (Å²) in [6.45, 7) is 6.35. The van der Waals surface area contributed by atoms with Gasteiger partial charge in [0.05, 0.1) is 0 Å². The molecular weight excluding hydrogens is 156 g/mol. The monoisotopic (exact) mass is 168 g/mol. The summed E-state index contributed by atoms with van der Waals surface area (Å²) in [6, 6.07) is 4.08. The molecule has 0 atom stereocenters. The van der Waals surface area contributed by atoms with Crippen molar-refractivity contribution in [3.05, 3.63) is 33.8 Å². The summed E-state index contributed by atoms with van der Waals surface area (Å²) in [5, 5.41) is 0.875. The van der Waals surface area contributed by atoms with E-state index in [-0.39, 0.29) is 0 Å². The third-order valence-corrected chi connectivity index (χ3v) is 2.62.